The Bertz CT molecular complexity index is 245. The highest BCUT2D eigenvalue weighted by molar-refractivity contribution is 7.86. The lowest BCUT2D eigenvalue weighted by Crippen LogP contribution is -2.44. The van der Waals surface area contributed by atoms with E-state index in [-0.39, 0.29) is 6.04 Å². The van der Waals surface area contributed by atoms with Crippen molar-refractivity contribution in [1.29, 1.82) is 0 Å². The molecule has 0 bridgehead atoms. The standard InChI is InChI=1S/C8H18N2O2S/c1-2-10(13(9,11)12)8-6-4-3-5-7-8/h8H,2-7H2,1H3,(H2,9,11,12). The average molecular weight is 206 g/mol. The third kappa shape index (κ3) is 2.93. The number of nitrogens with two attached hydrogens (primary N) is 1. The Morgan fingerprint density at radius 2 is 1.85 bits per heavy atom. The highest BCUT2D eigenvalue weighted by Crippen LogP contribution is 2.23. The van der Waals surface area contributed by atoms with Crippen LogP contribution in [0.25, 0.3) is 0 Å². The molecule has 0 heterocycles. The number of hydrogen-bond donors (Lipinski definition) is 1. The van der Waals surface area contributed by atoms with Crippen LogP contribution in [-0.4, -0.2) is 25.3 Å². The normalized spacial score (nSPS) is 20.8. The van der Waals surface area contributed by atoms with Crippen molar-refractivity contribution in [2.45, 2.75) is 45.1 Å². The van der Waals surface area contributed by atoms with E-state index in [0.29, 0.717) is 6.54 Å². The van der Waals surface area contributed by atoms with Gasteiger partial charge in [-0.05, 0) is 12.8 Å². The summed E-state index contributed by atoms with van der Waals surface area (Å²) in [7, 11) is -3.48. The molecule has 78 valence electrons. The smallest absolute Gasteiger partial charge is 0.216 e. The van der Waals surface area contributed by atoms with E-state index >= 15 is 0 Å². The molecule has 1 saturated carbocycles. The zero-order chi connectivity index (χ0) is 9.90. The van der Waals surface area contributed by atoms with Crippen molar-refractivity contribution in [3.05, 3.63) is 0 Å². The molecule has 5 heteroatoms. The largest absolute Gasteiger partial charge is 0.277 e. The first-order valence-corrected chi connectivity index (χ1v) is 6.35. The molecule has 0 aliphatic heterocycles. The van der Waals surface area contributed by atoms with Crippen molar-refractivity contribution < 1.29 is 8.42 Å². The zero-order valence-electron chi connectivity index (χ0n) is 8.07. The Labute approximate surface area is 80.3 Å². The van der Waals surface area contributed by atoms with Crippen LogP contribution < -0.4 is 5.14 Å². The summed E-state index contributed by atoms with van der Waals surface area (Å²) < 4.78 is 23.8. The molecule has 0 unspecified atom stereocenters. The highest BCUT2D eigenvalue weighted by Gasteiger charge is 2.26. The summed E-state index contributed by atoms with van der Waals surface area (Å²) in [5, 5.41) is 5.12. The first-order chi connectivity index (χ1) is 6.05. The topological polar surface area (TPSA) is 63.4 Å². The molecule has 0 aromatic rings. The molecule has 1 rings (SSSR count). The molecular formula is C8H18N2O2S. The molecule has 0 amide bonds. The molecular weight excluding hydrogens is 188 g/mol. The van der Waals surface area contributed by atoms with Crippen LogP contribution >= 0.6 is 0 Å². The van der Waals surface area contributed by atoms with E-state index in [0.717, 1.165) is 25.7 Å². The lowest BCUT2D eigenvalue weighted by molar-refractivity contribution is 0.261. The lowest BCUT2D eigenvalue weighted by Gasteiger charge is -2.30. The SMILES string of the molecule is CCN(C1CCCCC1)S(N)(=O)=O. The summed E-state index contributed by atoms with van der Waals surface area (Å²) in [6.07, 6.45) is 5.39. The number of rotatable bonds is 3. The van der Waals surface area contributed by atoms with Crippen molar-refractivity contribution >= 4 is 10.2 Å². The minimum atomic E-state index is -3.48. The second-order valence-corrected chi connectivity index (χ2v) is 5.04. The van der Waals surface area contributed by atoms with E-state index in [1.54, 1.807) is 0 Å². The van der Waals surface area contributed by atoms with Crippen molar-refractivity contribution in [3.63, 3.8) is 0 Å². The Morgan fingerprint density at radius 1 is 1.31 bits per heavy atom. The van der Waals surface area contributed by atoms with Gasteiger partial charge in [-0.2, -0.15) is 12.7 Å². The van der Waals surface area contributed by atoms with Crippen LogP contribution in [0.15, 0.2) is 0 Å². The predicted molar refractivity (Wildman–Crippen MR) is 52.4 cm³/mol. The van der Waals surface area contributed by atoms with Crippen molar-refractivity contribution in [1.82, 2.24) is 4.31 Å². The average Bonchev–Trinajstić information content (AvgIpc) is 2.05. The minimum Gasteiger partial charge on any atom is -0.216 e. The van der Waals surface area contributed by atoms with Gasteiger partial charge in [-0.3, -0.25) is 0 Å². The van der Waals surface area contributed by atoms with Crippen LogP contribution in [0.1, 0.15) is 39.0 Å². The minimum absolute atomic E-state index is 0.147. The van der Waals surface area contributed by atoms with E-state index < -0.39 is 10.2 Å². The molecule has 0 radical (unpaired) electrons. The maximum atomic E-state index is 11.2. The van der Waals surface area contributed by atoms with Crippen LogP contribution in [0, 0.1) is 0 Å². The third-order valence-electron chi connectivity index (χ3n) is 2.62. The summed E-state index contributed by atoms with van der Waals surface area (Å²) in [6, 6.07) is 0.147. The summed E-state index contributed by atoms with van der Waals surface area (Å²) in [5.41, 5.74) is 0. The summed E-state index contributed by atoms with van der Waals surface area (Å²) in [4.78, 5) is 0. The second-order valence-electron chi connectivity index (χ2n) is 3.54. The molecule has 1 aliphatic carbocycles. The molecule has 0 atom stereocenters. The molecule has 0 spiro atoms. The van der Waals surface area contributed by atoms with E-state index in [4.69, 9.17) is 5.14 Å². The molecule has 13 heavy (non-hydrogen) atoms. The van der Waals surface area contributed by atoms with Gasteiger partial charge in [0.1, 0.15) is 0 Å². The predicted octanol–water partition coefficient (Wildman–Crippen LogP) is 0.845. The van der Waals surface area contributed by atoms with Crippen molar-refractivity contribution in [3.8, 4) is 0 Å². The molecule has 0 saturated heterocycles. The molecule has 0 aromatic heterocycles. The summed E-state index contributed by atoms with van der Waals surface area (Å²) >= 11 is 0. The van der Waals surface area contributed by atoms with Gasteiger partial charge in [-0.1, -0.05) is 26.2 Å². The fraction of sp³-hybridized carbons (Fsp3) is 1.00. The van der Waals surface area contributed by atoms with Crippen LogP contribution in [0.4, 0.5) is 0 Å². The molecule has 1 fully saturated rings. The van der Waals surface area contributed by atoms with Crippen LogP contribution in [0.2, 0.25) is 0 Å². The maximum absolute atomic E-state index is 11.2. The Balaban J connectivity index is 2.65. The van der Waals surface area contributed by atoms with E-state index in [1.165, 1.54) is 10.7 Å². The van der Waals surface area contributed by atoms with Crippen molar-refractivity contribution in [2.24, 2.45) is 5.14 Å². The molecule has 0 aromatic carbocycles. The van der Waals surface area contributed by atoms with Crippen molar-refractivity contribution in [2.75, 3.05) is 6.54 Å². The quantitative estimate of drug-likeness (QED) is 0.744. The van der Waals surface area contributed by atoms with Gasteiger partial charge in [0, 0.05) is 12.6 Å². The Morgan fingerprint density at radius 3 is 2.23 bits per heavy atom. The van der Waals surface area contributed by atoms with Gasteiger partial charge in [0.25, 0.3) is 10.2 Å². The molecule has 2 N–H and O–H groups in total. The first-order valence-electron chi connectivity index (χ1n) is 4.85. The highest BCUT2D eigenvalue weighted by atomic mass is 32.2. The fourth-order valence-electron chi connectivity index (χ4n) is 2.01. The van der Waals surface area contributed by atoms with Crippen LogP contribution in [0.3, 0.4) is 0 Å². The van der Waals surface area contributed by atoms with Gasteiger partial charge < -0.3 is 0 Å². The molecule has 1 aliphatic rings. The Kier molecular flexibility index (Phi) is 3.70. The van der Waals surface area contributed by atoms with Crippen LogP contribution in [0.5, 0.6) is 0 Å². The van der Waals surface area contributed by atoms with E-state index in [2.05, 4.69) is 0 Å². The summed E-state index contributed by atoms with van der Waals surface area (Å²) in [6.45, 7) is 2.32. The monoisotopic (exact) mass is 206 g/mol. The summed E-state index contributed by atoms with van der Waals surface area (Å²) in [5.74, 6) is 0. The van der Waals surface area contributed by atoms with E-state index in [9.17, 15) is 8.42 Å². The van der Waals surface area contributed by atoms with Crippen LogP contribution in [-0.2, 0) is 10.2 Å². The second kappa shape index (κ2) is 4.39. The lowest BCUT2D eigenvalue weighted by atomic mass is 9.95. The maximum Gasteiger partial charge on any atom is 0.277 e. The van der Waals surface area contributed by atoms with Gasteiger partial charge in [0.15, 0.2) is 0 Å². The van der Waals surface area contributed by atoms with Gasteiger partial charge in [-0.25, -0.2) is 5.14 Å². The fourth-order valence-corrected chi connectivity index (χ4v) is 3.00. The van der Waals surface area contributed by atoms with E-state index in [1.807, 2.05) is 6.92 Å². The Hall–Kier alpha value is -0.130. The number of nitrogens with zero attached hydrogens (tertiary/aromatic N) is 1. The van der Waals surface area contributed by atoms with Gasteiger partial charge >= 0.3 is 0 Å². The third-order valence-corrected chi connectivity index (χ3v) is 3.83. The van der Waals surface area contributed by atoms with Gasteiger partial charge in [0.05, 0.1) is 0 Å². The van der Waals surface area contributed by atoms with Gasteiger partial charge in [0.2, 0.25) is 0 Å². The number of hydrogen-bond acceptors (Lipinski definition) is 2. The first kappa shape index (κ1) is 10.9. The van der Waals surface area contributed by atoms with Gasteiger partial charge in [-0.15, -0.1) is 0 Å². The zero-order valence-corrected chi connectivity index (χ0v) is 8.89. The molecule has 4 nitrogen and oxygen atoms in total.